The Kier molecular flexibility index (Phi) is 8.51. The number of pyridine rings is 1. The van der Waals surface area contributed by atoms with Gasteiger partial charge in [-0.1, -0.05) is 0 Å². The van der Waals surface area contributed by atoms with E-state index >= 15 is 0 Å². The monoisotopic (exact) mass is 559 g/mol. The maximum atomic E-state index is 13.5. The zero-order valence-corrected chi connectivity index (χ0v) is 22.5. The van der Waals surface area contributed by atoms with E-state index in [2.05, 4.69) is 5.32 Å². The number of nitrogens with zero attached hydrogens (tertiary/aromatic N) is 3. The Bertz CT molecular complexity index is 1480. The molecule has 0 amide bonds. The van der Waals surface area contributed by atoms with E-state index in [1.54, 1.807) is 36.7 Å². The Balaban J connectivity index is 1.60. The number of dihydropyridines is 1. The second-order valence-electron chi connectivity index (χ2n) is 9.44. The first kappa shape index (κ1) is 28.6. The van der Waals surface area contributed by atoms with Gasteiger partial charge in [0, 0.05) is 47.3 Å². The van der Waals surface area contributed by atoms with Gasteiger partial charge in [0.2, 0.25) is 0 Å². The van der Waals surface area contributed by atoms with Crippen molar-refractivity contribution in [3.8, 4) is 0 Å². The highest BCUT2D eigenvalue weighted by molar-refractivity contribution is 5.99. The van der Waals surface area contributed by atoms with Crippen molar-refractivity contribution in [3.05, 3.63) is 133 Å². The number of aryl methyl sites for hydroxylation is 1. The number of esters is 2. The maximum absolute atomic E-state index is 13.5. The Hall–Kier alpha value is -5.39. The van der Waals surface area contributed by atoms with Crippen LogP contribution in [0.5, 0.6) is 0 Å². The summed E-state index contributed by atoms with van der Waals surface area (Å²) in [6.07, 6.45) is 3.61. The molecule has 0 radical (unpaired) electrons. The highest BCUT2D eigenvalue weighted by Gasteiger charge is 2.39. The summed E-state index contributed by atoms with van der Waals surface area (Å²) < 4.78 is 13.0. The summed E-state index contributed by atoms with van der Waals surface area (Å²) in [5.41, 5.74) is 3.04. The molecular weight excluding hydrogens is 532 g/mol. The van der Waals surface area contributed by atoms with E-state index in [1.807, 2.05) is 13.2 Å². The molecule has 0 aliphatic carbocycles. The van der Waals surface area contributed by atoms with Gasteiger partial charge in [-0.3, -0.25) is 20.2 Å². The van der Waals surface area contributed by atoms with Gasteiger partial charge in [0.25, 0.3) is 11.4 Å². The number of allylic oxidation sites excluding steroid dienone is 2. The van der Waals surface area contributed by atoms with Crippen molar-refractivity contribution in [2.24, 2.45) is 7.05 Å². The van der Waals surface area contributed by atoms with Crippen molar-refractivity contribution in [1.29, 1.82) is 0 Å². The zero-order valence-electron chi connectivity index (χ0n) is 22.5. The molecule has 12 nitrogen and oxygen atoms in total. The van der Waals surface area contributed by atoms with E-state index in [0.717, 1.165) is 0 Å². The van der Waals surface area contributed by atoms with Gasteiger partial charge in [0.1, 0.15) is 20.3 Å². The van der Waals surface area contributed by atoms with Gasteiger partial charge in [-0.25, -0.2) is 14.2 Å². The van der Waals surface area contributed by atoms with Gasteiger partial charge in [-0.05, 0) is 55.3 Å². The molecule has 210 valence electrons. The van der Waals surface area contributed by atoms with Crippen LogP contribution in [0, 0.1) is 20.2 Å². The highest BCUT2D eigenvalue weighted by Crippen LogP contribution is 2.39. The number of carbonyl (C=O) groups is 2. The first-order valence-corrected chi connectivity index (χ1v) is 12.5. The summed E-state index contributed by atoms with van der Waals surface area (Å²) in [5, 5.41) is 25.0. The van der Waals surface area contributed by atoms with Gasteiger partial charge >= 0.3 is 11.9 Å². The topological polar surface area (TPSA) is 155 Å². The molecule has 1 N–H and O–H groups in total. The second-order valence-corrected chi connectivity index (χ2v) is 9.44. The smallest absolute Gasteiger partial charge is 0.337 e. The molecule has 0 saturated heterocycles. The second kappa shape index (κ2) is 12.2. The Morgan fingerprint density at radius 1 is 0.805 bits per heavy atom. The van der Waals surface area contributed by atoms with Crippen molar-refractivity contribution in [1.82, 2.24) is 5.32 Å². The fraction of sp³-hybridized carbons (Fsp3) is 0.207. The lowest BCUT2D eigenvalue weighted by atomic mass is 9.81. The zero-order chi connectivity index (χ0) is 29.7. The molecule has 12 heteroatoms. The van der Waals surface area contributed by atoms with Gasteiger partial charge < -0.3 is 14.8 Å². The normalized spacial score (nSPS) is 13.4. The first-order chi connectivity index (χ1) is 19.5. The summed E-state index contributed by atoms with van der Waals surface area (Å²) >= 11 is 0. The number of non-ortho nitro benzene ring substituents is 2. The molecule has 1 aromatic heterocycles. The fourth-order valence-corrected chi connectivity index (χ4v) is 4.53. The number of benzene rings is 2. The predicted molar refractivity (Wildman–Crippen MR) is 145 cm³/mol. The maximum Gasteiger partial charge on any atom is 0.337 e. The van der Waals surface area contributed by atoms with Gasteiger partial charge in [-0.15, -0.1) is 0 Å². The third-order valence-electron chi connectivity index (χ3n) is 6.53. The lowest BCUT2D eigenvalue weighted by molar-refractivity contribution is -0.671. The van der Waals surface area contributed by atoms with Crippen molar-refractivity contribution < 1.29 is 33.5 Å². The number of hydrogen-bond donors (Lipinski definition) is 1. The molecule has 0 saturated carbocycles. The van der Waals surface area contributed by atoms with Crippen molar-refractivity contribution >= 4 is 23.3 Å². The summed E-state index contributed by atoms with van der Waals surface area (Å²) in [7, 11) is 1.82. The Labute approximate surface area is 234 Å². The van der Waals surface area contributed by atoms with Crippen LogP contribution >= 0.6 is 0 Å². The minimum absolute atomic E-state index is 0.0791. The van der Waals surface area contributed by atoms with E-state index in [9.17, 15) is 29.8 Å². The van der Waals surface area contributed by atoms with Gasteiger partial charge in [0.15, 0.2) is 12.4 Å². The van der Waals surface area contributed by atoms with Crippen LogP contribution in [0.3, 0.4) is 0 Å². The number of hydrogen-bond acceptors (Lipinski definition) is 9. The molecular formula is C29H27N4O8+. The molecule has 0 atom stereocenters. The number of ether oxygens (including phenoxy) is 2. The number of carbonyl (C=O) groups excluding carboxylic acids is 2. The SMILES string of the molecule is CC1=C(C(=O)OCc2ccc([N+](=O)[O-])cc2)C(c2ccc[n+](C)c2)C(C(=O)OCc2ccc([N+](=O)[O-])cc2)=C(C)N1. The quantitative estimate of drug-likeness (QED) is 0.177. The molecule has 0 spiro atoms. The van der Waals surface area contributed by atoms with Crippen LogP contribution in [-0.2, 0) is 39.3 Å². The lowest BCUT2D eigenvalue weighted by Crippen LogP contribution is -2.34. The molecule has 2 heterocycles. The van der Waals surface area contributed by atoms with Gasteiger partial charge in [0.05, 0.1) is 26.9 Å². The van der Waals surface area contributed by atoms with E-state index in [-0.39, 0.29) is 35.7 Å². The van der Waals surface area contributed by atoms with Crippen molar-refractivity contribution in [3.63, 3.8) is 0 Å². The van der Waals surface area contributed by atoms with Gasteiger partial charge in [-0.2, -0.15) is 0 Å². The standard InChI is InChI=1S/C29H26N4O8/c1-18-25(28(34)40-16-20-6-10-23(11-7-20)32(36)37)27(22-5-4-14-31(3)15-22)26(19(2)30-18)29(35)41-17-21-8-12-24(13-9-21)33(38)39/h4-15,27H,16-17H2,1-3H3/p+1. The van der Waals surface area contributed by atoms with Crippen LogP contribution in [0.25, 0.3) is 0 Å². The minimum atomic E-state index is -0.822. The van der Waals surface area contributed by atoms with Crippen LogP contribution in [0.2, 0.25) is 0 Å². The van der Waals surface area contributed by atoms with Crippen LogP contribution in [0.15, 0.2) is 95.6 Å². The molecule has 0 bridgehead atoms. The number of nitro groups is 2. The molecule has 0 unspecified atom stereocenters. The van der Waals surface area contributed by atoms with E-state index in [0.29, 0.717) is 28.1 Å². The lowest BCUT2D eigenvalue weighted by Gasteiger charge is -2.30. The van der Waals surface area contributed by atoms with Crippen LogP contribution in [0.4, 0.5) is 11.4 Å². The van der Waals surface area contributed by atoms with E-state index in [1.165, 1.54) is 48.5 Å². The molecule has 0 fully saturated rings. The third kappa shape index (κ3) is 6.61. The first-order valence-electron chi connectivity index (χ1n) is 12.5. The fourth-order valence-electron chi connectivity index (χ4n) is 4.53. The van der Waals surface area contributed by atoms with E-state index in [4.69, 9.17) is 9.47 Å². The van der Waals surface area contributed by atoms with Crippen molar-refractivity contribution in [2.45, 2.75) is 33.0 Å². The number of aromatic nitrogens is 1. The third-order valence-corrected chi connectivity index (χ3v) is 6.53. The molecule has 41 heavy (non-hydrogen) atoms. The predicted octanol–water partition coefficient (Wildman–Crippen LogP) is 4.05. The number of rotatable bonds is 9. The number of nitrogens with one attached hydrogen (secondary N) is 1. The Morgan fingerprint density at radius 2 is 1.24 bits per heavy atom. The molecule has 1 aliphatic rings. The molecule has 1 aliphatic heterocycles. The van der Waals surface area contributed by atoms with Crippen LogP contribution < -0.4 is 9.88 Å². The van der Waals surface area contributed by atoms with E-state index < -0.39 is 27.7 Å². The van der Waals surface area contributed by atoms with Crippen molar-refractivity contribution in [2.75, 3.05) is 0 Å². The van der Waals surface area contributed by atoms with Crippen LogP contribution in [0.1, 0.15) is 36.5 Å². The average Bonchev–Trinajstić information content (AvgIpc) is 2.94. The largest absolute Gasteiger partial charge is 0.457 e. The van der Waals surface area contributed by atoms with Crippen LogP contribution in [-0.4, -0.2) is 21.8 Å². The summed E-state index contributed by atoms with van der Waals surface area (Å²) in [6.45, 7) is 3.15. The molecule has 4 rings (SSSR count). The minimum Gasteiger partial charge on any atom is -0.457 e. The summed E-state index contributed by atoms with van der Waals surface area (Å²) in [6, 6.07) is 14.9. The average molecular weight is 560 g/mol. The number of nitro benzene ring substituents is 2. The highest BCUT2D eigenvalue weighted by atomic mass is 16.6. The molecule has 3 aromatic rings. The summed E-state index contributed by atoms with van der Waals surface area (Å²) in [5.74, 6) is -2.16. The summed E-state index contributed by atoms with van der Waals surface area (Å²) in [4.78, 5) is 47.8. The molecule has 2 aromatic carbocycles. The Morgan fingerprint density at radius 3 is 1.63 bits per heavy atom.